The van der Waals surface area contributed by atoms with Gasteiger partial charge in [-0.1, -0.05) is 30.3 Å². The lowest BCUT2D eigenvalue weighted by Gasteiger charge is -2.11. The molecular formula is C19H20N6O. The van der Waals surface area contributed by atoms with Crippen LogP contribution in [0, 0.1) is 12.8 Å². The Labute approximate surface area is 150 Å². The first-order valence-electron chi connectivity index (χ1n) is 8.61. The first kappa shape index (κ1) is 16.3. The predicted molar refractivity (Wildman–Crippen MR) is 99.4 cm³/mol. The topological polar surface area (TPSA) is 88.5 Å². The van der Waals surface area contributed by atoms with Crippen LogP contribution < -0.4 is 5.32 Å². The SMILES string of the molecule is Cc1ccc2nc(CNC(=O)C(C)Cn3nnc4ccccc43)[nH]c2c1. The van der Waals surface area contributed by atoms with Gasteiger partial charge in [0.15, 0.2) is 0 Å². The van der Waals surface area contributed by atoms with Gasteiger partial charge in [-0.15, -0.1) is 5.10 Å². The van der Waals surface area contributed by atoms with Gasteiger partial charge in [0.05, 0.1) is 35.6 Å². The molecule has 2 N–H and O–H groups in total. The second-order valence-corrected chi connectivity index (χ2v) is 6.58. The number of nitrogens with one attached hydrogen (secondary N) is 2. The van der Waals surface area contributed by atoms with E-state index in [1.165, 1.54) is 5.56 Å². The molecule has 1 unspecified atom stereocenters. The number of nitrogens with zero attached hydrogens (tertiary/aromatic N) is 4. The van der Waals surface area contributed by atoms with Crippen LogP contribution in [0.25, 0.3) is 22.1 Å². The van der Waals surface area contributed by atoms with Crippen LogP contribution in [0.1, 0.15) is 18.3 Å². The fourth-order valence-corrected chi connectivity index (χ4v) is 3.00. The highest BCUT2D eigenvalue weighted by atomic mass is 16.1. The van der Waals surface area contributed by atoms with Gasteiger partial charge in [-0.25, -0.2) is 9.67 Å². The molecule has 132 valence electrons. The van der Waals surface area contributed by atoms with Gasteiger partial charge in [-0.2, -0.15) is 0 Å². The number of hydrogen-bond donors (Lipinski definition) is 2. The number of rotatable bonds is 5. The second kappa shape index (κ2) is 6.59. The number of hydrogen-bond acceptors (Lipinski definition) is 4. The Bertz CT molecular complexity index is 1080. The zero-order valence-electron chi connectivity index (χ0n) is 14.7. The van der Waals surface area contributed by atoms with Crippen molar-refractivity contribution in [2.45, 2.75) is 26.9 Å². The summed E-state index contributed by atoms with van der Waals surface area (Å²) in [6.07, 6.45) is 0. The standard InChI is InChI=1S/C19H20N6O/c1-12-7-8-14-16(9-12)22-18(21-14)10-20-19(26)13(2)11-25-17-6-4-3-5-15(17)23-24-25/h3-9,13H,10-11H2,1-2H3,(H,20,26)(H,21,22). The van der Waals surface area contributed by atoms with Crippen molar-refractivity contribution < 1.29 is 4.79 Å². The Morgan fingerprint density at radius 1 is 1.23 bits per heavy atom. The molecule has 0 bridgehead atoms. The predicted octanol–water partition coefficient (Wildman–Crippen LogP) is 2.57. The van der Waals surface area contributed by atoms with Crippen LogP contribution in [-0.2, 0) is 17.9 Å². The average Bonchev–Trinajstić information content (AvgIpc) is 3.23. The number of aromatic nitrogens is 5. The molecule has 26 heavy (non-hydrogen) atoms. The van der Waals surface area contributed by atoms with Gasteiger partial charge in [-0.05, 0) is 36.8 Å². The maximum absolute atomic E-state index is 12.4. The van der Waals surface area contributed by atoms with E-state index in [0.29, 0.717) is 13.1 Å². The van der Waals surface area contributed by atoms with Crippen molar-refractivity contribution in [3.63, 3.8) is 0 Å². The number of aryl methyl sites for hydroxylation is 1. The highest BCUT2D eigenvalue weighted by Crippen LogP contribution is 2.14. The monoisotopic (exact) mass is 348 g/mol. The number of aromatic amines is 1. The quantitative estimate of drug-likeness (QED) is 0.580. The summed E-state index contributed by atoms with van der Waals surface area (Å²) in [5.41, 5.74) is 4.82. The van der Waals surface area contributed by atoms with E-state index in [2.05, 4.69) is 25.6 Å². The highest BCUT2D eigenvalue weighted by Gasteiger charge is 2.16. The van der Waals surface area contributed by atoms with E-state index in [1.807, 2.05) is 56.3 Å². The molecule has 7 heteroatoms. The highest BCUT2D eigenvalue weighted by molar-refractivity contribution is 5.79. The molecule has 4 rings (SSSR count). The summed E-state index contributed by atoms with van der Waals surface area (Å²) in [7, 11) is 0. The third-order valence-electron chi connectivity index (χ3n) is 4.43. The normalized spacial score (nSPS) is 12.5. The zero-order chi connectivity index (χ0) is 18.1. The summed E-state index contributed by atoms with van der Waals surface area (Å²) in [4.78, 5) is 20.2. The van der Waals surface area contributed by atoms with Gasteiger partial charge < -0.3 is 10.3 Å². The molecule has 0 saturated heterocycles. The number of imidazole rings is 1. The summed E-state index contributed by atoms with van der Waals surface area (Å²) in [5.74, 6) is 0.477. The number of carbonyl (C=O) groups excluding carboxylic acids is 1. The van der Waals surface area contributed by atoms with E-state index < -0.39 is 0 Å². The minimum absolute atomic E-state index is 0.0405. The lowest BCUT2D eigenvalue weighted by atomic mass is 10.1. The first-order chi connectivity index (χ1) is 12.6. The Morgan fingerprint density at radius 3 is 2.96 bits per heavy atom. The third kappa shape index (κ3) is 3.15. The van der Waals surface area contributed by atoms with Gasteiger partial charge >= 0.3 is 0 Å². The molecule has 1 amide bonds. The van der Waals surface area contributed by atoms with Crippen molar-refractivity contribution in [1.82, 2.24) is 30.3 Å². The number of fused-ring (bicyclic) bond motifs is 2. The first-order valence-corrected chi connectivity index (χ1v) is 8.61. The summed E-state index contributed by atoms with van der Waals surface area (Å²) >= 11 is 0. The molecule has 2 aromatic carbocycles. The number of carbonyl (C=O) groups is 1. The average molecular weight is 348 g/mol. The van der Waals surface area contributed by atoms with Crippen molar-refractivity contribution in [3.8, 4) is 0 Å². The van der Waals surface area contributed by atoms with Crippen molar-refractivity contribution >= 4 is 28.0 Å². The van der Waals surface area contributed by atoms with Crippen LogP contribution >= 0.6 is 0 Å². The Balaban J connectivity index is 1.40. The van der Waals surface area contributed by atoms with E-state index in [1.54, 1.807) is 4.68 Å². The molecule has 0 radical (unpaired) electrons. The van der Waals surface area contributed by atoms with Gasteiger partial charge in [0.2, 0.25) is 5.91 Å². The van der Waals surface area contributed by atoms with Crippen LogP contribution in [0.2, 0.25) is 0 Å². The smallest absolute Gasteiger partial charge is 0.225 e. The minimum Gasteiger partial charge on any atom is -0.349 e. The Morgan fingerprint density at radius 2 is 2.08 bits per heavy atom. The Kier molecular flexibility index (Phi) is 4.12. The van der Waals surface area contributed by atoms with Crippen LogP contribution in [0.15, 0.2) is 42.5 Å². The molecule has 2 heterocycles. The summed E-state index contributed by atoms with van der Waals surface area (Å²) < 4.78 is 1.77. The number of benzene rings is 2. The molecular weight excluding hydrogens is 328 g/mol. The van der Waals surface area contributed by atoms with E-state index in [4.69, 9.17) is 0 Å². The van der Waals surface area contributed by atoms with E-state index in [-0.39, 0.29) is 11.8 Å². The van der Waals surface area contributed by atoms with Gasteiger partial charge in [0.25, 0.3) is 0 Å². The molecule has 0 aliphatic rings. The van der Waals surface area contributed by atoms with Gasteiger partial charge in [0, 0.05) is 0 Å². The second-order valence-electron chi connectivity index (χ2n) is 6.58. The van der Waals surface area contributed by atoms with E-state index in [0.717, 1.165) is 27.9 Å². The summed E-state index contributed by atoms with van der Waals surface area (Å²) in [6, 6.07) is 13.8. The lowest BCUT2D eigenvalue weighted by Crippen LogP contribution is -2.31. The van der Waals surface area contributed by atoms with Crippen molar-refractivity contribution in [1.29, 1.82) is 0 Å². The molecule has 7 nitrogen and oxygen atoms in total. The number of amides is 1. The third-order valence-corrected chi connectivity index (χ3v) is 4.43. The van der Waals surface area contributed by atoms with Crippen molar-refractivity contribution in [3.05, 3.63) is 53.9 Å². The Hall–Kier alpha value is -3.22. The maximum Gasteiger partial charge on any atom is 0.225 e. The van der Waals surface area contributed by atoms with Crippen LogP contribution in [-0.4, -0.2) is 30.9 Å². The fraction of sp³-hybridized carbons (Fsp3) is 0.263. The molecule has 1 atom stereocenters. The maximum atomic E-state index is 12.4. The lowest BCUT2D eigenvalue weighted by molar-refractivity contribution is -0.125. The zero-order valence-corrected chi connectivity index (χ0v) is 14.7. The summed E-state index contributed by atoms with van der Waals surface area (Å²) in [6.45, 7) is 4.77. The van der Waals surface area contributed by atoms with Gasteiger partial charge in [0.1, 0.15) is 11.3 Å². The van der Waals surface area contributed by atoms with Gasteiger partial charge in [-0.3, -0.25) is 4.79 Å². The van der Waals surface area contributed by atoms with Crippen LogP contribution in [0.5, 0.6) is 0 Å². The van der Waals surface area contributed by atoms with Crippen molar-refractivity contribution in [2.75, 3.05) is 0 Å². The molecule has 0 aliphatic carbocycles. The minimum atomic E-state index is -0.230. The molecule has 2 aromatic heterocycles. The van der Waals surface area contributed by atoms with Crippen molar-refractivity contribution in [2.24, 2.45) is 5.92 Å². The number of para-hydroxylation sites is 1. The molecule has 0 fully saturated rings. The molecule has 4 aromatic rings. The fourth-order valence-electron chi connectivity index (χ4n) is 3.00. The van der Waals surface area contributed by atoms with E-state index >= 15 is 0 Å². The number of H-pyrrole nitrogens is 1. The van der Waals surface area contributed by atoms with E-state index in [9.17, 15) is 4.79 Å². The van der Waals surface area contributed by atoms with Crippen LogP contribution in [0.4, 0.5) is 0 Å². The van der Waals surface area contributed by atoms with Crippen LogP contribution in [0.3, 0.4) is 0 Å². The summed E-state index contributed by atoms with van der Waals surface area (Å²) in [5, 5.41) is 11.2. The molecule has 0 saturated carbocycles. The molecule has 0 aliphatic heterocycles. The largest absolute Gasteiger partial charge is 0.349 e. The molecule has 0 spiro atoms.